The number of aliphatic imine (C=N–C) groups is 1. The number of alkyl carbamates (subject to hydrolysis) is 1. The Bertz CT molecular complexity index is 1060. The minimum Gasteiger partial charge on any atom is -0.493 e. The van der Waals surface area contributed by atoms with Gasteiger partial charge in [-0.05, 0) is 63.5 Å². The van der Waals surface area contributed by atoms with Crippen molar-refractivity contribution in [3.63, 3.8) is 0 Å². The Kier molecular flexibility index (Phi) is 11.8. The standard InChI is InChI=1S/C29H45FN4O6/c1-17(2)25(31)33-27(37)34-13-10-20(11-14-34)18(3)12-15-39-21-8-9-22(23(30)16-21)19(4)24(26(35)36)32-28(38)40-29(5,6)7/h8-9,16-20,24H,10-15H2,1-7H3,(H,32,38)(H,35,36)(H2,31,33,37)/t18-,19+,24+/m1/s1. The third kappa shape index (κ3) is 9.98. The van der Waals surface area contributed by atoms with Crippen molar-refractivity contribution in [3.8, 4) is 5.75 Å². The van der Waals surface area contributed by atoms with Crippen molar-refractivity contribution in [1.29, 1.82) is 0 Å². The maximum atomic E-state index is 15.0. The number of amidine groups is 1. The number of piperidine rings is 1. The minimum atomic E-state index is -1.38. The lowest BCUT2D eigenvalue weighted by atomic mass is 9.84. The quantitative estimate of drug-likeness (QED) is 0.263. The number of hydrogen-bond donors (Lipinski definition) is 3. The van der Waals surface area contributed by atoms with E-state index >= 15 is 0 Å². The van der Waals surface area contributed by atoms with Crippen molar-refractivity contribution in [3.05, 3.63) is 29.6 Å². The molecule has 0 saturated carbocycles. The molecule has 1 heterocycles. The number of carbonyl (C=O) groups is 3. The molecule has 0 unspecified atom stereocenters. The molecule has 0 aromatic heterocycles. The number of hydrogen-bond acceptors (Lipinski definition) is 5. The second-order valence-corrected chi connectivity index (χ2v) is 11.8. The SMILES string of the molecule is CC(C)C(N)=NC(=O)N1CCC([C@H](C)CCOc2ccc([C@H](C)[C@H](NC(=O)OC(C)(C)C)C(=O)O)c(F)c2)CC1. The molecule has 0 spiro atoms. The number of likely N-dealkylation sites (tertiary alicyclic amines) is 1. The first-order chi connectivity index (χ1) is 18.6. The average molecular weight is 565 g/mol. The number of nitrogens with two attached hydrogens (primary N) is 1. The average Bonchev–Trinajstić information content (AvgIpc) is 2.85. The maximum absolute atomic E-state index is 15.0. The summed E-state index contributed by atoms with van der Waals surface area (Å²) in [5.41, 5.74) is 5.16. The van der Waals surface area contributed by atoms with Crippen LogP contribution in [0, 0.1) is 23.6 Å². The van der Waals surface area contributed by atoms with Crippen molar-refractivity contribution in [2.24, 2.45) is 28.5 Å². The molecular formula is C29H45FN4O6. The molecule has 4 N–H and O–H groups in total. The molecular weight excluding hydrogens is 519 g/mol. The van der Waals surface area contributed by atoms with E-state index in [0.717, 1.165) is 19.3 Å². The molecule has 11 heteroatoms. The number of nitrogens with zero attached hydrogens (tertiary/aromatic N) is 2. The van der Waals surface area contributed by atoms with Crippen molar-refractivity contribution in [2.75, 3.05) is 19.7 Å². The van der Waals surface area contributed by atoms with Gasteiger partial charge in [0.25, 0.3) is 0 Å². The number of amides is 3. The highest BCUT2D eigenvalue weighted by atomic mass is 19.1. The van der Waals surface area contributed by atoms with Crippen molar-refractivity contribution >= 4 is 23.9 Å². The van der Waals surface area contributed by atoms with Gasteiger partial charge in [-0.15, -0.1) is 0 Å². The number of aliphatic carboxylic acids is 1. The predicted octanol–water partition coefficient (Wildman–Crippen LogP) is 5.16. The summed E-state index contributed by atoms with van der Waals surface area (Å²) in [4.78, 5) is 42.0. The summed E-state index contributed by atoms with van der Waals surface area (Å²) in [6, 6.07) is 2.65. The number of rotatable bonds is 10. The molecule has 0 aliphatic carbocycles. The van der Waals surface area contributed by atoms with E-state index in [1.165, 1.54) is 19.1 Å². The van der Waals surface area contributed by atoms with Gasteiger partial charge in [0.1, 0.15) is 29.0 Å². The van der Waals surface area contributed by atoms with Crippen LogP contribution in [0.1, 0.15) is 79.2 Å². The van der Waals surface area contributed by atoms with Crippen LogP contribution in [0.2, 0.25) is 0 Å². The number of ether oxygens (including phenoxy) is 2. The molecule has 1 aromatic carbocycles. The fraction of sp³-hybridized carbons (Fsp3) is 0.655. The molecule has 40 heavy (non-hydrogen) atoms. The van der Waals surface area contributed by atoms with Crippen LogP contribution in [-0.4, -0.2) is 65.3 Å². The van der Waals surface area contributed by atoms with Gasteiger partial charge in [-0.2, -0.15) is 4.99 Å². The monoisotopic (exact) mass is 564 g/mol. The highest BCUT2D eigenvalue weighted by molar-refractivity contribution is 5.93. The van der Waals surface area contributed by atoms with E-state index in [4.69, 9.17) is 15.2 Å². The number of nitrogens with one attached hydrogen (secondary N) is 1. The Balaban J connectivity index is 1.88. The van der Waals surface area contributed by atoms with Crippen LogP contribution in [-0.2, 0) is 9.53 Å². The summed E-state index contributed by atoms with van der Waals surface area (Å²) in [6.07, 6.45) is 1.61. The Morgan fingerprint density at radius 1 is 1.18 bits per heavy atom. The van der Waals surface area contributed by atoms with Gasteiger partial charge < -0.3 is 30.5 Å². The number of benzene rings is 1. The number of carbonyl (C=O) groups excluding carboxylic acids is 2. The van der Waals surface area contributed by atoms with Crippen LogP contribution in [0.5, 0.6) is 5.75 Å². The van der Waals surface area contributed by atoms with E-state index in [1.807, 2.05) is 13.8 Å². The first-order valence-electron chi connectivity index (χ1n) is 13.9. The maximum Gasteiger partial charge on any atom is 0.408 e. The van der Waals surface area contributed by atoms with Gasteiger partial charge in [-0.3, -0.25) is 0 Å². The summed E-state index contributed by atoms with van der Waals surface area (Å²) in [5.74, 6) is -1.28. The fourth-order valence-corrected chi connectivity index (χ4v) is 4.55. The molecule has 1 fully saturated rings. The smallest absolute Gasteiger partial charge is 0.408 e. The lowest BCUT2D eigenvalue weighted by Crippen LogP contribution is -2.46. The molecule has 3 atom stereocenters. The summed E-state index contributed by atoms with van der Waals surface area (Å²) in [7, 11) is 0. The van der Waals surface area contributed by atoms with Crippen LogP contribution in [0.25, 0.3) is 0 Å². The second-order valence-electron chi connectivity index (χ2n) is 11.8. The van der Waals surface area contributed by atoms with E-state index in [-0.39, 0.29) is 17.5 Å². The number of carboxylic acids is 1. The zero-order valence-electron chi connectivity index (χ0n) is 24.7. The van der Waals surface area contributed by atoms with E-state index < -0.39 is 35.4 Å². The molecule has 0 bridgehead atoms. The molecule has 224 valence electrons. The fourth-order valence-electron chi connectivity index (χ4n) is 4.55. The lowest BCUT2D eigenvalue weighted by molar-refractivity contribution is -0.140. The summed E-state index contributed by atoms with van der Waals surface area (Å²) in [6.45, 7) is 14.1. The van der Waals surface area contributed by atoms with Crippen LogP contribution < -0.4 is 15.8 Å². The summed E-state index contributed by atoms with van der Waals surface area (Å²) >= 11 is 0. The Morgan fingerprint density at radius 3 is 2.33 bits per heavy atom. The van der Waals surface area contributed by atoms with E-state index in [1.54, 1.807) is 31.7 Å². The van der Waals surface area contributed by atoms with E-state index in [0.29, 0.717) is 43.1 Å². The number of halogens is 1. The van der Waals surface area contributed by atoms with Crippen molar-refractivity contribution < 1.29 is 33.4 Å². The Morgan fingerprint density at radius 2 is 1.80 bits per heavy atom. The summed E-state index contributed by atoms with van der Waals surface area (Å²) in [5, 5.41) is 11.9. The predicted molar refractivity (Wildman–Crippen MR) is 151 cm³/mol. The third-order valence-electron chi connectivity index (χ3n) is 7.17. The molecule has 0 radical (unpaired) electrons. The van der Waals surface area contributed by atoms with Crippen molar-refractivity contribution in [2.45, 2.75) is 85.3 Å². The minimum absolute atomic E-state index is 0.0254. The normalized spacial score (nSPS) is 17.2. The molecule has 10 nitrogen and oxygen atoms in total. The first-order valence-corrected chi connectivity index (χ1v) is 13.9. The van der Waals surface area contributed by atoms with Crippen LogP contribution in [0.3, 0.4) is 0 Å². The van der Waals surface area contributed by atoms with Crippen LogP contribution >= 0.6 is 0 Å². The third-order valence-corrected chi connectivity index (χ3v) is 7.17. The highest BCUT2D eigenvalue weighted by Crippen LogP contribution is 2.29. The first kappa shape index (κ1) is 32.8. The number of urea groups is 1. The van der Waals surface area contributed by atoms with E-state index in [2.05, 4.69) is 17.2 Å². The lowest BCUT2D eigenvalue weighted by Gasteiger charge is -2.34. The molecule has 1 aromatic rings. The largest absolute Gasteiger partial charge is 0.493 e. The topological polar surface area (TPSA) is 144 Å². The van der Waals surface area contributed by atoms with Gasteiger partial charge >= 0.3 is 18.1 Å². The molecule has 2 rings (SSSR count). The zero-order chi connectivity index (χ0) is 30.2. The number of carboxylic acid groups (broad SMARTS) is 1. The van der Waals surface area contributed by atoms with E-state index in [9.17, 15) is 23.9 Å². The Labute approximate surface area is 236 Å². The molecule has 3 amide bonds. The van der Waals surface area contributed by atoms with Gasteiger partial charge in [0.2, 0.25) is 0 Å². The highest BCUT2D eigenvalue weighted by Gasteiger charge is 2.31. The van der Waals surface area contributed by atoms with Gasteiger partial charge in [0.05, 0.1) is 6.61 Å². The van der Waals surface area contributed by atoms with Crippen molar-refractivity contribution in [1.82, 2.24) is 10.2 Å². The summed E-state index contributed by atoms with van der Waals surface area (Å²) < 4.78 is 25.9. The van der Waals surface area contributed by atoms with Gasteiger partial charge in [0, 0.05) is 31.0 Å². The van der Waals surface area contributed by atoms with Gasteiger partial charge in [-0.25, -0.2) is 18.8 Å². The molecule has 1 aliphatic heterocycles. The molecule has 1 saturated heterocycles. The van der Waals surface area contributed by atoms with Gasteiger partial charge in [-0.1, -0.05) is 33.8 Å². The van der Waals surface area contributed by atoms with Crippen LogP contribution in [0.4, 0.5) is 14.0 Å². The van der Waals surface area contributed by atoms with Crippen LogP contribution in [0.15, 0.2) is 23.2 Å². The van der Waals surface area contributed by atoms with Gasteiger partial charge in [0.15, 0.2) is 0 Å². The Hall–Kier alpha value is -3.37. The molecule has 1 aliphatic rings. The zero-order valence-corrected chi connectivity index (χ0v) is 24.7. The second kappa shape index (κ2) is 14.3.